The maximum absolute atomic E-state index is 12.6. The molecule has 29 heteroatoms. The SMILES string of the molecule is C.CC(=O)OOC(C)=O.CC=O.CCNC1CCC(CNc2nc(NCc3ccccc3OC(F)(F)F)ncc2C#N)CC1.N#Cc1cnc(NCc2ccccc2OC(F)(F)F)nc1NCC1CCC(N)CC1.[B-]OC(C)=O.[Na+]. The number of benzene rings is 2. The minimum Gasteiger partial charge on any atom is -0.793 e. The third-order valence-electron chi connectivity index (χ3n) is 10.9. The Hall–Kier alpha value is -6.98. The van der Waals surface area contributed by atoms with Crippen LogP contribution in [0.15, 0.2) is 60.9 Å². The number of para-hydroxylation sites is 2. The molecule has 0 bridgehead atoms. The third-order valence-corrected chi connectivity index (χ3v) is 10.9. The van der Waals surface area contributed by atoms with E-state index in [1.165, 1.54) is 62.6 Å². The summed E-state index contributed by atoms with van der Waals surface area (Å²) >= 11 is 0. The molecule has 0 aliphatic heterocycles. The van der Waals surface area contributed by atoms with Gasteiger partial charge in [0.05, 0.1) is 12.4 Å². The van der Waals surface area contributed by atoms with Crippen LogP contribution in [0.4, 0.5) is 49.9 Å². The van der Waals surface area contributed by atoms with Crippen molar-refractivity contribution >= 4 is 55.8 Å². The normalized spacial score (nSPS) is 15.9. The molecule has 0 atom stereocenters. The van der Waals surface area contributed by atoms with Crippen LogP contribution in [-0.4, -0.2) is 96.6 Å². The van der Waals surface area contributed by atoms with Crippen molar-refractivity contribution in [2.75, 3.05) is 40.9 Å². The molecule has 21 nitrogen and oxygen atoms in total. The van der Waals surface area contributed by atoms with Gasteiger partial charge in [-0.1, -0.05) is 50.7 Å². The zero-order chi connectivity index (χ0) is 58.1. The molecule has 3 radical (unpaired) electrons. The Bertz CT molecular complexity index is 2550. The number of ether oxygens (including phenoxy) is 2. The number of carbonyl (C=O) groups is 4. The summed E-state index contributed by atoms with van der Waals surface area (Å²) in [5.41, 5.74) is 7.16. The number of nitrogens with zero attached hydrogens (tertiary/aromatic N) is 6. The fourth-order valence-corrected chi connectivity index (χ4v) is 7.32. The second-order valence-electron chi connectivity index (χ2n) is 17.0. The summed E-state index contributed by atoms with van der Waals surface area (Å²) in [7, 11) is 4.32. The number of aldehydes is 1. The van der Waals surface area contributed by atoms with Crippen LogP contribution in [0.2, 0.25) is 0 Å². The van der Waals surface area contributed by atoms with Gasteiger partial charge in [0.1, 0.15) is 52.7 Å². The van der Waals surface area contributed by atoms with Gasteiger partial charge in [0, 0.05) is 70.2 Å². The molecule has 0 spiro atoms. The van der Waals surface area contributed by atoms with Gasteiger partial charge in [-0.2, -0.15) is 20.5 Å². The van der Waals surface area contributed by atoms with Crippen molar-refractivity contribution in [2.24, 2.45) is 17.6 Å². The molecule has 80 heavy (non-hydrogen) atoms. The molecule has 0 unspecified atom stereocenters. The number of hydrogen-bond donors (Lipinski definition) is 6. The van der Waals surface area contributed by atoms with Gasteiger partial charge in [0.15, 0.2) is 0 Å². The second-order valence-corrected chi connectivity index (χ2v) is 17.0. The maximum atomic E-state index is 12.6. The summed E-state index contributed by atoms with van der Waals surface area (Å²) in [6, 6.07) is 16.7. The van der Waals surface area contributed by atoms with Crippen LogP contribution < -0.4 is 71.3 Å². The first-order valence-corrected chi connectivity index (χ1v) is 24.3. The zero-order valence-electron chi connectivity index (χ0n) is 44.6. The average molecular weight is 1140 g/mol. The molecule has 2 fully saturated rings. The number of aromatic nitrogens is 4. The van der Waals surface area contributed by atoms with Gasteiger partial charge in [0.25, 0.3) is 0 Å². The van der Waals surface area contributed by atoms with E-state index in [1.54, 1.807) is 12.1 Å². The van der Waals surface area contributed by atoms with Gasteiger partial charge < -0.3 is 59.3 Å². The first-order valence-electron chi connectivity index (χ1n) is 24.3. The van der Waals surface area contributed by atoms with Crippen LogP contribution >= 0.6 is 0 Å². The molecule has 2 heterocycles. The van der Waals surface area contributed by atoms with Crippen LogP contribution in [0.3, 0.4) is 0 Å². The third kappa shape index (κ3) is 31.6. The van der Waals surface area contributed by atoms with Gasteiger partial charge in [0.2, 0.25) is 17.9 Å². The van der Waals surface area contributed by atoms with E-state index in [0.29, 0.717) is 64.9 Å². The second kappa shape index (κ2) is 39.4. The van der Waals surface area contributed by atoms with Gasteiger partial charge in [-0.3, -0.25) is 4.79 Å². The number of carbonyl (C=O) groups excluding carboxylic acids is 4. The van der Waals surface area contributed by atoms with Gasteiger partial charge >= 0.3 is 54.2 Å². The van der Waals surface area contributed by atoms with E-state index in [2.05, 4.69) is 91.5 Å². The Morgan fingerprint density at radius 1 is 0.688 bits per heavy atom. The van der Waals surface area contributed by atoms with Crippen molar-refractivity contribution in [1.29, 1.82) is 10.5 Å². The van der Waals surface area contributed by atoms with E-state index in [4.69, 9.17) is 10.5 Å². The maximum Gasteiger partial charge on any atom is 1.00 e. The van der Waals surface area contributed by atoms with Crippen molar-refractivity contribution < 1.29 is 99.0 Å². The largest absolute Gasteiger partial charge is 1.00 e. The fraction of sp³-hybridized carbons (Fsp3) is 0.490. The number of nitrogens with one attached hydrogen (secondary N) is 5. The zero-order valence-corrected chi connectivity index (χ0v) is 46.6. The van der Waals surface area contributed by atoms with Crippen LogP contribution in [0.5, 0.6) is 11.5 Å². The fourth-order valence-electron chi connectivity index (χ4n) is 7.32. The molecule has 6 rings (SSSR count). The number of hydrogen-bond acceptors (Lipinski definition) is 21. The minimum absolute atomic E-state index is 0. The Labute approximate surface area is 484 Å². The topological polar surface area (TPSA) is 300 Å². The molecule has 2 aromatic carbocycles. The summed E-state index contributed by atoms with van der Waals surface area (Å²) in [6.07, 6.45) is 2.42. The molecular weight excluding hydrogens is 1070 g/mol. The molecule has 431 valence electrons. The number of nitrogens with two attached hydrogens (primary N) is 1. The molecule has 0 amide bonds. The Kier molecular flexibility index (Phi) is 36.0. The number of anilines is 4. The van der Waals surface area contributed by atoms with E-state index in [-0.39, 0.29) is 79.5 Å². The summed E-state index contributed by atoms with van der Waals surface area (Å²) in [4.78, 5) is 62.4. The molecule has 0 saturated heterocycles. The monoisotopic (exact) mass is 1140 g/mol. The Morgan fingerprint density at radius 2 is 1.05 bits per heavy atom. The van der Waals surface area contributed by atoms with E-state index < -0.39 is 30.6 Å². The first kappa shape index (κ1) is 73.0. The molecule has 2 saturated carbocycles. The van der Waals surface area contributed by atoms with Gasteiger partial charge in [-0.25, -0.2) is 29.3 Å². The summed E-state index contributed by atoms with van der Waals surface area (Å²) in [6.45, 7) is 9.48. The molecule has 4 aromatic rings. The quantitative estimate of drug-likeness (QED) is 0.0256. The van der Waals surface area contributed by atoms with Crippen molar-refractivity contribution in [3.05, 3.63) is 83.2 Å². The number of alkyl halides is 6. The average Bonchev–Trinajstić information content (AvgIpc) is 3.39. The molecule has 7 N–H and O–H groups in total. The molecule has 2 aliphatic rings. The van der Waals surface area contributed by atoms with Crippen LogP contribution in [0.1, 0.15) is 116 Å². The van der Waals surface area contributed by atoms with E-state index in [1.807, 2.05) is 6.07 Å². The molecule has 2 aliphatic carbocycles. The van der Waals surface area contributed by atoms with E-state index >= 15 is 0 Å². The van der Waals surface area contributed by atoms with Crippen molar-refractivity contribution in [2.45, 2.75) is 131 Å². The standard InChI is InChI=1S/C22H27F3N6O.C20H23F3N6O.C4H6O4.C2H3BO2.C2H4O.CH4.Na/c1-2-27-18-9-7-15(8-10-18)12-28-20-17(11-26)14-30-21(31-20)29-13-16-5-3-4-6-19(16)32-22(23,24)25;21-20(22,23)30-17-4-2-1-3-14(17)11-27-19-28-12-15(9-24)18(29-19)26-10-13-5-7-16(25)8-6-13;1-3(5)7-8-4(2)6;1-2(4)5-3;1-2-3;;/h3-6,14-15,18,27H,2,7-10,12-13H2,1H3,(H2,28,29,30,31);1-4,12-13,16H,5-8,10-11,25H2,(H2,26,27,28,29);1-2H3;1H3;2H,1H3;1H4;/q;;;-1;;;+1. The number of nitriles is 2. The molecule has 2 aromatic heterocycles. The van der Waals surface area contributed by atoms with Crippen molar-refractivity contribution in [1.82, 2.24) is 25.3 Å². The predicted octanol–water partition coefficient (Wildman–Crippen LogP) is 5.73. The van der Waals surface area contributed by atoms with E-state index in [9.17, 15) is 51.2 Å². The summed E-state index contributed by atoms with van der Waals surface area (Å²) < 4.78 is 87.3. The van der Waals surface area contributed by atoms with Gasteiger partial charge in [-0.05, 0) is 88.8 Å². The molecular formula is C51H67BF6N12NaO9. The number of halogens is 6. The smallest absolute Gasteiger partial charge is 0.793 e. The van der Waals surface area contributed by atoms with Gasteiger partial charge in [-0.15, -0.1) is 26.3 Å². The predicted molar refractivity (Wildman–Crippen MR) is 280 cm³/mol. The summed E-state index contributed by atoms with van der Waals surface area (Å²) in [5, 5.41) is 34.4. The Balaban J connectivity index is 0.00000120. The first-order chi connectivity index (χ1) is 37.0. The van der Waals surface area contributed by atoms with Crippen molar-refractivity contribution in [3.8, 4) is 23.6 Å². The van der Waals surface area contributed by atoms with Crippen LogP contribution in [0, 0.1) is 34.5 Å². The van der Waals surface area contributed by atoms with Crippen LogP contribution in [-0.2, 0) is 46.7 Å². The minimum atomic E-state index is -4.78. The van der Waals surface area contributed by atoms with E-state index in [0.717, 1.165) is 78.0 Å². The Morgan fingerprint density at radius 3 is 1.38 bits per heavy atom. The summed E-state index contributed by atoms with van der Waals surface area (Å²) in [5.74, 6) is -0.155. The van der Waals surface area contributed by atoms with Crippen LogP contribution in [0.25, 0.3) is 0 Å². The number of rotatable bonds is 16. The van der Waals surface area contributed by atoms with Crippen molar-refractivity contribution in [3.63, 3.8) is 0 Å².